The first-order valence-corrected chi connectivity index (χ1v) is 13.1. The van der Waals surface area contributed by atoms with Gasteiger partial charge in [0.1, 0.15) is 24.0 Å². The molecule has 3 heterocycles. The van der Waals surface area contributed by atoms with Crippen LogP contribution in [0.3, 0.4) is 0 Å². The van der Waals surface area contributed by atoms with Crippen LogP contribution in [0, 0.1) is 0 Å². The molecule has 0 bridgehead atoms. The Balaban J connectivity index is 1.57. The SMILES string of the molecule is CNc1nc(N)nc2c1ncn2[C@@H]1O[C@H](CO[P@@](=O)(N[C@H](C)C(=O)OC)Oc2ccccc2)[C@@H](O)[C@@]1(C)F. The largest absolute Gasteiger partial charge is 0.468 e. The third-order valence-electron chi connectivity index (χ3n) is 5.93. The molecule has 3 aromatic rings. The number of imidazole rings is 1. The van der Waals surface area contributed by atoms with E-state index in [0.717, 1.165) is 6.92 Å². The molecule has 0 unspecified atom stereocenters. The summed E-state index contributed by atoms with van der Waals surface area (Å²) < 4.78 is 52.3. The molecule has 2 aromatic heterocycles. The maximum Gasteiger partial charge on any atom is 0.459 e. The van der Waals surface area contributed by atoms with Crippen molar-refractivity contribution in [1.82, 2.24) is 24.6 Å². The predicted octanol–water partition coefficient (Wildman–Crippen LogP) is 1.79. The lowest BCUT2D eigenvalue weighted by Gasteiger charge is -2.25. The number of fused-ring (bicyclic) bond motifs is 1. The topological polar surface area (TPSA) is 185 Å². The number of nitrogen functional groups attached to an aromatic ring is 1. The van der Waals surface area contributed by atoms with Crippen LogP contribution in [0.4, 0.5) is 16.2 Å². The quantitative estimate of drug-likeness (QED) is 0.211. The Morgan fingerprint density at radius 2 is 2.08 bits per heavy atom. The highest BCUT2D eigenvalue weighted by Gasteiger charge is 2.56. The molecule has 38 heavy (non-hydrogen) atoms. The van der Waals surface area contributed by atoms with Crippen LogP contribution in [0.5, 0.6) is 5.75 Å². The Hall–Kier alpha value is -3.36. The number of methoxy groups -OCH3 is 1. The van der Waals surface area contributed by atoms with Crippen LogP contribution in [0.2, 0.25) is 0 Å². The molecule has 0 saturated carbocycles. The van der Waals surface area contributed by atoms with Crippen LogP contribution in [-0.4, -0.2) is 75.3 Å². The van der Waals surface area contributed by atoms with Crippen molar-refractivity contribution >= 4 is 36.6 Å². The van der Waals surface area contributed by atoms with E-state index in [2.05, 4.69) is 30.1 Å². The Morgan fingerprint density at radius 3 is 2.74 bits per heavy atom. The highest BCUT2D eigenvalue weighted by Crippen LogP contribution is 2.48. The Morgan fingerprint density at radius 1 is 1.37 bits per heavy atom. The van der Waals surface area contributed by atoms with Gasteiger partial charge >= 0.3 is 13.7 Å². The number of nitrogens with two attached hydrogens (primary N) is 1. The van der Waals surface area contributed by atoms with E-state index in [0.29, 0.717) is 11.3 Å². The lowest BCUT2D eigenvalue weighted by Crippen LogP contribution is -2.41. The lowest BCUT2D eigenvalue weighted by atomic mass is 9.98. The molecular formula is C22H29FN7O7P. The number of carbonyl (C=O) groups excluding carboxylic acids is 1. The standard InChI is InChI=1S/C22H29FN7O7P/c1-12(19(32)34-4)29-38(33,37-13-8-6-5-7-9-13)35-10-14-16(31)22(2,23)20(36-14)30-11-26-15-17(25-3)27-21(24)28-18(15)30/h5-9,11-12,14,16,20,31H,10H2,1-4H3,(H,29,33)(H3,24,25,27,28)/t12-,14-,16-,20-,22-,38+/m1/s1. The van der Waals surface area contributed by atoms with E-state index in [1.165, 1.54) is 37.1 Å². The minimum atomic E-state index is -4.25. The van der Waals surface area contributed by atoms with Crippen LogP contribution >= 0.6 is 7.75 Å². The van der Waals surface area contributed by atoms with E-state index < -0.39 is 50.5 Å². The monoisotopic (exact) mass is 553 g/mol. The number of aromatic nitrogens is 4. The second-order valence-corrected chi connectivity index (χ2v) is 10.4. The summed E-state index contributed by atoms with van der Waals surface area (Å²) in [5.41, 5.74) is 3.93. The summed E-state index contributed by atoms with van der Waals surface area (Å²) in [5.74, 6) is -0.278. The van der Waals surface area contributed by atoms with E-state index in [1.54, 1.807) is 25.2 Å². The molecule has 1 aromatic carbocycles. The van der Waals surface area contributed by atoms with E-state index in [1.807, 2.05) is 0 Å². The van der Waals surface area contributed by atoms with Gasteiger partial charge in [0.2, 0.25) is 5.95 Å². The molecule has 1 saturated heterocycles. The molecule has 14 nitrogen and oxygen atoms in total. The van der Waals surface area contributed by atoms with Gasteiger partial charge in [-0.25, -0.2) is 13.9 Å². The molecule has 1 fully saturated rings. The average Bonchev–Trinajstić information content (AvgIpc) is 3.39. The van der Waals surface area contributed by atoms with Gasteiger partial charge in [0.25, 0.3) is 0 Å². The van der Waals surface area contributed by atoms with Gasteiger partial charge in [-0.1, -0.05) is 18.2 Å². The van der Waals surface area contributed by atoms with E-state index in [-0.39, 0.29) is 17.3 Å². The first-order valence-electron chi connectivity index (χ1n) is 11.5. The van der Waals surface area contributed by atoms with Crippen molar-refractivity contribution in [1.29, 1.82) is 0 Å². The maximum absolute atomic E-state index is 15.9. The van der Waals surface area contributed by atoms with E-state index in [9.17, 15) is 14.5 Å². The number of benzene rings is 1. The third-order valence-corrected chi connectivity index (χ3v) is 7.57. The highest BCUT2D eigenvalue weighted by molar-refractivity contribution is 7.52. The molecule has 16 heteroatoms. The maximum atomic E-state index is 15.9. The number of nitrogens with one attached hydrogen (secondary N) is 2. The van der Waals surface area contributed by atoms with Gasteiger partial charge in [-0.15, -0.1) is 0 Å². The zero-order valence-electron chi connectivity index (χ0n) is 21.1. The summed E-state index contributed by atoms with van der Waals surface area (Å²) in [6, 6.07) is 7.02. The molecule has 1 aliphatic heterocycles. The number of aliphatic hydroxyl groups excluding tert-OH is 1. The summed E-state index contributed by atoms with van der Waals surface area (Å²) in [5, 5.41) is 16.1. The minimum absolute atomic E-state index is 0.0765. The number of esters is 1. The number of anilines is 2. The first-order chi connectivity index (χ1) is 18.0. The fourth-order valence-electron chi connectivity index (χ4n) is 3.98. The predicted molar refractivity (Wildman–Crippen MR) is 134 cm³/mol. The summed E-state index contributed by atoms with van der Waals surface area (Å²) in [6.07, 6.45) is -3.11. The van der Waals surface area contributed by atoms with Gasteiger partial charge in [-0.2, -0.15) is 15.1 Å². The molecule has 0 radical (unpaired) electrons. The smallest absolute Gasteiger partial charge is 0.459 e. The number of hydrogen-bond acceptors (Lipinski definition) is 12. The second-order valence-electron chi connectivity index (χ2n) is 8.70. The van der Waals surface area contributed by atoms with Crippen LogP contribution < -0.4 is 20.7 Å². The van der Waals surface area contributed by atoms with E-state index in [4.69, 9.17) is 19.5 Å². The molecule has 4 rings (SSSR count). The summed E-state index contributed by atoms with van der Waals surface area (Å²) >= 11 is 0. The van der Waals surface area contributed by atoms with Crippen molar-refractivity contribution in [3.05, 3.63) is 36.7 Å². The molecule has 5 N–H and O–H groups in total. The van der Waals surface area contributed by atoms with Crippen molar-refractivity contribution < 1.29 is 37.4 Å². The van der Waals surface area contributed by atoms with Gasteiger partial charge in [0, 0.05) is 7.05 Å². The number of ether oxygens (including phenoxy) is 2. The number of carbonyl (C=O) groups is 1. The van der Waals surface area contributed by atoms with Gasteiger partial charge in [-0.05, 0) is 26.0 Å². The number of para-hydroxylation sites is 1. The number of nitrogens with zero attached hydrogens (tertiary/aromatic N) is 4. The molecule has 0 aliphatic carbocycles. The molecule has 6 atom stereocenters. The van der Waals surface area contributed by atoms with Crippen LogP contribution in [0.25, 0.3) is 11.2 Å². The molecule has 206 valence electrons. The van der Waals surface area contributed by atoms with Crippen molar-refractivity contribution in [3.8, 4) is 5.75 Å². The minimum Gasteiger partial charge on any atom is -0.468 e. The van der Waals surface area contributed by atoms with E-state index >= 15 is 4.39 Å². The Labute approximate surface area is 217 Å². The fraction of sp³-hybridized carbons (Fsp3) is 0.455. The van der Waals surface area contributed by atoms with Gasteiger partial charge in [0.05, 0.1) is 20.0 Å². The van der Waals surface area contributed by atoms with Crippen molar-refractivity contribution in [3.63, 3.8) is 0 Å². The zero-order valence-corrected chi connectivity index (χ0v) is 22.0. The summed E-state index contributed by atoms with van der Waals surface area (Å²) in [6.45, 7) is 1.99. The number of halogens is 1. The van der Waals surface area contributed by atoms with Crippen LogP contribution in [0.15, 0.2) is 36.7 Å². The van der Waals surface area contributed by atoms with Crippen molar-refractivity contribution in [2.75, 3.05) is 31.8 Å². The van der Waals surface area contributed by atoms with Gasteiger partial charge in [-0.3, -0.25) is 13.9 Å². The Bertz CT molecular complexity index is 1340. The summed E-state index contributed by atoms with van der Waals surface area (Å²) in [7, 11) is -1.46. The second kappa shape index (κ2) is 10.8. The number of aliphatic hydroxyl groups is 1. The number of alkyl halides is 1. The highest BCUT2D eigenvalue weighted by atomic mass is 31.2. The lowest BCUT2D eigenvalue weighted by molar-refractivity contribution is -0.142. The fourth-order valence-corrected chi connectivity index (χ4v) is 5.48. The molecular weight excluding hydrogens is 524 g/mol. The molecule has 0 amide bonds. The van der Waals surface area contributed by atoms with Gasteiger partial charge in [0.15, 0.2) is 28.9 Å². The molecule has 1 aliphatic rings. The molecule has 0 spiro atoms. The number of rotatable bonds is 10. The zero-order chi connectivity index (χ0) is 27.7. The first kappa shape index (κ1) is 27.7. The number of hydrogen-bond donors (Lipinski definition) is 4. The van der Waals surface area contributed by atoms with Gasteiger partial charge < -0.3 is 30.2 Å². The van der Waals surface area contributed by atoms with Crippen LogP contribution in [0.1, 0.15) is 20.1 Å². The Kier molecular flexibility index (Phi) is 7.85. The van der Waals surface area contributed by atoms with Crippen molar-refractivity contribution in [2.24, 2.45) is 0 Å². The van der Waals surface area contributed by atoms with Crippen molar-refractivity contribution in [2.45, 2.75) is 44.0 Å². The average molecular weight is 553 g/mol. The normalized spacial score (nSPS) is 25.6. The van der Waals surface area contributed by atoms with Crippen LogP contribution in [-0.2, 0) is 23.4 Å². The summed E-state index contributed by atoms with van der Waals surface area (Å²) in [4.78, 5) is 24.3. The third kappa shape index (κ3) is 5.42.